The molecule has 2 saturated heterocycles. The molecule has 2 aromatic rings. The lowest BCUT2D eigenvalue weighted by atomic mass is 10.0. The minimum absolute atomic E-state index is 0.00403. The van der Waals surface area contributed by atoms with Crippen LogP contribution < -0.4 is 10.6 Å². The maximum absolute atomic E-state index is 14.1. The third-order valence-corrected chi connectivity index (χ3v) is 7.58. The van der Waals surface area contributed by atoms with E-state index in [0.29, 0.717) is 12.0 Å². The number of carbonyl (C=O) groups excluding carboxylic acids is 4. The summed E-state index contributed by atoms with van der Waals surface area (Å²) in [6, 6.07) is 14.2. The van der Waals surface area contributed by atoms with Gasteiger partial charge >= 0.3 is 12.1 Å². The van der Waals surface area contributed by atoms with E-state index in [1.54, 1.807) is 23.1 Å². The van der Waals surface area contributed by atoms with Crippen LogP contribution >= 0.6 is 0 Å². The SMILES string of the molecule is C#CCN1CC(=O)N2[C@@H](CCCNC(=O)OCC=C)C(=O)N(CCOCc3ccccc3F)C[C@@H]2N1C(=O)NCc1ccccc1. The summed E-state index contributed by atoms with van der Waals surface area (Å²) in [4.78, 5) is 56.0. The molecule has 0 saturated carbocycles. The van der Waals surface area contributed by atoms with Crippen molar-refractivity contribution >= 4 is 23.9 Å². The second-order valence-electron chi connectivity index (χ2n) is 10.7. The van der Waals surface area contributed by atoms with E-state index >= 15 is 0 Å². The molecule has 0 aliphatic carbocycles. The summed E-state index contributed by atoms with van der Waals surface area (Å²) in [7, 11) is 0. The van der Waals surface area contributed by atoms with Crippen LogP contribution in [0.2, 0.25) is 0 Å². The van der Waals surface area contributed by atoms with E-state index in [4.69, 9.17) is 15.9 Å². The molecule has 0 unspecified atom stereocenters. The summed E-state index contributed by atoms with van der Waals surface area (Å²) in [6.07, 6.45) is 6.15. The van der Waals surface area contributed by atoms with Gasteiger partial charge in [-0.05, 0) is 24.5 Å². The van der Waals surface area contributed by atoms with Gasteiger partial charge in [0.1, 0.15) is 24.6 Å². The summed E-state index contributed by atoms with van der Waals surface area (Å²) < 4.78 is 24.7. The first-order valence-electron chi connectivity index (χ1n) is 15.1. The minimum Gasteiger partial charge on any atom is -0.445 e. The fourth-order valence-electron chi connectivity index (χ4n) is 5.41. The topological polar surface area (TPSA) is 124 Å². The fraction of sp³-hybridized carbons (Fsp3) is 0.394. The molecule has 2 fully saturated rings. The summed E-state index contributed by atoms with van der Waals surface area (Å²) in [6.45, 7) is 4.06. The first-order valence-corrected chi connectivity index (χ1v) is 15.1. The van der Waals surface area contributed by atoms with Gasteiger partial charge in [-0.3, -0.25) is 9.59 Å². The summed E-state index contributed by atoms with van der Waals surface area (Å²) in [5, 5.41) is 8.45. The molecule has 13 heteroatoms. The number of fused-ring (bicyclic) bond motifs is 1. The molecular formula is C33H39FN6O6. The van der Waals surface area contributed by atoms with Gasteiger partial charge in [-0.25, -0.2) is 19.0 Å². The summed E-state index contributed by atoms with van der Waals surface area (Å²) >= 11 is 0. The molecule has 0 aromatic heterocycles. The summed E-state index contributed by atoms with van der Waals surface area (Å²) in [5.74, 6) is 1.46. The number of hydrogen-bond acceptors (Lipinski definition) is 7. The zero-order valence-electron chi connectivity index (χ0n) is 25.6. The largest absolute Gasteiger partial charge is 0.445 e. The average molecular weight is 635 g/mol. The number of piperazine rings is 1. The molecule has 2 aliphatic heterocycles. The number of nitrogens with one attached hydrogen (secondary N) is 2. The molecule has 2 heterocycles. The van der Waals surface area contributed by atoms with Gasteiger partial charge in [-0.2, -0.15) is 5.01 Å². The molecule has 2 aliphatic rings. The van der Waals surface area contributed by atoms with Crippen molar-refractivity contribution in [1.29, 1.82) is 0 Å². The Balaban J connectivity index is 1.52. The van der Waals surface area contributed by atoms with Crippen molar-refractivity contribution < 1.29 is 33.0 Å². The van der Waals surface area contributed by atoms with Crippen molar-refractivity contribution in [2.24, 2.45) is 0 Å². The Bertz CT molecular complexity index is 1420. The molecule has 0 spiro atoms. The highest BCUT2D eigenvalue weighted by Crippen LogP contribution is 2.28. The van der Waals surface area contributed by atoms with Gasteiger partial charge < -0.3 is 29.9 Å². The van der Waals surface area contributed by atoms with Crippen LogP contribution in [0.1, 0.15) is 24.0 Å². The Hall–Kier alpha value is -4.93. The van der Waals surface area contributed by atoms with Crippen molar-refractivity contribution in [2.45, 2.75) is 38.2 Å². The van der Waals surface area contributed by atoms with E-state index < -0.39 is 24.3 Å². The lowest BCUT2D eigenvalue weighted by Crippen LogP contribution is -2.76. The first kappa shape index (κ1) is 34.0. The fourth-order valence-corrected chi connectivity index (χ4v) is 5.41. The number of ether oxygens (including phenoxy) is 2. The smallest absolute Gasteiger partial charge is 0.407 e. The van der Waals surface area contributed by atoms with Gasteiger partial charge in [0.2, 0.25) is 11.8 Å². The highest BCUT2D eigenvalue weighted by molar-refractivity contribution is 5.91. The second kappa shape index (κ2) is 17.0. The van der Waals surface area contributed by atoms with Gasteiger partial charge in [-0.15, -0.1) is 6.42 Å². The number of benzene rings is 2. The predicted octanol–water partition coefficient (Wildman–Crippen LogP) is 2.48. The number of hydrazine groups is 1. The van der Waals surface area contributed by atoms with Gasteiger partial charge in [0.25, 0.3) is 0 Å². The van der Waals surface area contributed by atoms with Crippen molar-refractivity contribution in [3.05, 3.63) is 84.2 Å². The number of hydrogen-bond donors (Lipinski definition) is 2. The molecule has 0 bridgehead atoms. The monoisotopic (exact) mass is 634 g/mol. The molecular weight excluding hydrogens is 595 g/mol. The zero-order chi connectivity index (χ0) is 32.9. The lowest BCUT2D eigenvalue weighted by molar-refractivity contribution is -0.189. The van der Waals surface area contributed by atoms with Gasteiger partial charge in [0.15, 0.2) is 0 Å². The molecule has 4 rings (SSSR count). The first-order chi connectivity index (χ1) is 22.3. The molecule has 12 nitrogen and oxygen atoms in total. The molecule has 244 valence electrons. The Morgan fingerprint density at radius 2 is 1.87 bits per heavy atom. The molecule has 0 radical (unpaired) electrons. The highest BCUT2D eigenvalue weighted by atomic mass is 19.1. The number of nitrogens with zero attached hydrogens (tertiary/aromatic N) is 4. The van der Waals surface area contributed by atoms with Crippen molar-refractivity contribution in [3.63, 3.8) is 0 Å². The van der Waals surface area contributed by atoms with E-state index in [2.05, 4.69) is 23.1 Å². The average Bonchev–Trinajstić information content (AvgIpc) is 3.05. The maximum Gasteiger partial charge on any atom is 0.407 e. The summed E-state index contributed by atoms with van der Waals surface area (Å²) in [5.41, 5.74) is 1.27. The van der Waals surface area contributed by atoms with Crippen molar-refractivity contribution in [2.75, 3.05) is 45.9 Å². The molecule has 2 N–H and O–H groups in total. The minimum atomic E-state index is -0.916. The molecule has 46 heavy (non-hydrogen) atoms. The zero-order valence-corrected chi connectivity index (χ0v) is 25.6. The number of terminal acetylenes is 1. The quantitative estimate of drug-likeness (QED) is 0.186. The lowest BCUT2D eigenvalue weighted by Gasteiger charge is -2.55. The van der Waals surface area contributed by atoms with E-state index in [-0.39, 0.29) is 83.1 Å². The van der Waals surface area contributed by atoms with Crippen LogP contribution in [0.15, 0.2) is 67.3 Å². The van der Waals surface area contributed by atoms with Crippen LogP contribution in [0.4, 0.5) is 14.0 Å². The Morgan fingerprint density at radius 3 is 2.61 bits per heavy atom. The van der Waals surface area contributed by atoms with Crippen LogP contribution in [0.25, 0.3) is 0 Å². The standard InChI is InChI=1S/C33H39FN6O6/c1-3-17-38-23-30(41)39-28(15-10-16-35-33(44)46-19-4-2)31(42)37(18-20-45-24-26-13-8-9-14-27(26)34)22-29(39)40(38)32(43)36-21-25-11-6-5-7-12-25/h1,4-9,11-14,28-29H,2,10,15-24H2,(H,35,44)(H,36,43)/t28-,29-/m0/s1. The maximum atomic E-state index is 14.1. The van der Waals surface area contributed by atoms with Crippen molar-refractivity contribution in [3.8, 4) is 12.3 Å². The van der Waals surface area contributed by atoms with E-state index in [9.17, 15) is 23.6 Å². The van der Waals surface area contributed by atoms with Crippen LogP contribution in [-0.2, 0) is 32.2 Å². The number of rotatable bonds is 14. The number of urea groups is 1. The number of carbonyl (C=O) groups is 4. The van der Waals surface area contributed by atoms with E-state index in [1.165, 1.54) is 27.1 Å². The van der Waals surface area contributed by atoms with Crippen LogP contribution in [-0.4, -0.2) is 102 Å². The van der Waals surface area contributed by atoms with Gasteiger partial charge in [-0.1, -0.05) is 67.1 Å². The predicted molar refractivity (Wildman–Crippen MR) is 167 cm³/mol. The van der Waals surface area contributed by atoms with Crippen LogP contribution in [0, 0.1) is 18.2 Å². The molecule has 2 aromatic carbocycles. The number of halogens is 1. The van der Waals surface area contributed by atoms with E-state index in [0.717, 1.165) is 5.56 Å². The van der Waals surface area contributed by atoms with Crippen molar-refractivity contribution in [1.82, 2.24) is 30.5 Å². The number of amides is 5. The van der Waals surface area contributed by atoms with Crippen LogP contribution in [0.5, 0.6) is 0 Å². The van der Waals surface area contributed by atoms with Gasteiger partial charge in [0.05, 0.1) is 32.8 Å². The molecule has 2 atom stereocenters. The van der Waals surface area contributed by atoms with Gasteiger partial charge in [0, 0.05) is 25.2 Å². The Labute approximate surface area is 268 Å². The Morgan fingerprint density at radius 1 is 1.11 bits per heavy atom. The second-order valence-corrected chi connectivity index (χ2v) is 10.7. The Kier molecular flexibility index (Phi) is 12.5. The van der Waals surface area contributed by atoms with Crippen LogP contribution in [0.3, 0.4) is 0 Å². The normalized spacial score (nSPS) is 18.0. The third-order valence-electron chi connectivity index (χ3n) is 7.58. The van der Waals surface area contributed by atoms with E-state index in [1.807, 2.05) is 30.3 Å². The molecule has 5 amide bonds. The third kappa shape index (κ3) is 8.83. The number of alkyl carbamates (subject to hydrolysis) is 1. The highest BCUT2D eigenvalue weighted by Gasteiger charge is 2.51.